The van der Waals surface area contributed by atoms with Crippen molar-refractivity contribution >= 4 is 33.9 Å². The van der Waals surface area contributed by atoms with Crippen LogP contribution in [-0.2, 0) is 22.4 Å². The second-order valence-electron chi connectivity index (χ2n) is 11.3. The van der Waals surface area contributed by atoms with E-state index in [9.17, 15) is 14.7 Å². The highest BCUT2D eigenvalue weighted by molar-refractivity contribution is 7.15. The summed E-state index contributed by atoms with van der Waals surface area (Å²) in [7, 11) is 0. The van der Waals surface area contributed by atoms with E-state index in [4.69, 9.17) is 21.1 Å². The molecule has 0 spiro atoms. The number of carbonyl (C=O) groups is 1. The minimum Gasteiger partial charge on any atom is -0.512 e. The van der Waals surface area contributed by atoms with Crippen molar-refractivity contribution in [3.8, 4) is 5.75 Å². The van der Waals surface area contributed by atoms with Gasteiger partial charge in [-0.05, 0) is 75.0 Å². The van der Waals surface area contributed by atoms with Crippen LogP contribution in [0, 0.1) is 18.8 Å². The van der Waals surface area contributed by atoms with Gasteiger partial charge in [0.05, 0.1) is 22.9 Å². The van der Waals surface area contributed by atoms with Gasteiger partial charge >= 0.3 is 5.97 Å². The normalized spacial score (nSPS) is 22.1. The van der Waals surface area contributed by atoms with Gasteiger partial charge in [-0.2, -0.15) is 0 Å². The third-order valence-corrected chi connectivity index (χ3v) is 9.69. The Labute approximate surface area is 236 Å². The summed E-state index contributed by atoms with van der Waals surface area (Å²) in [4.78, 5) is 31.1. The van der Waals surface area contributed by atoms with E-state index in [1.165, 1.54) is 30.2 Å². The summed E-state index contributed by atoms with van der Waals surface area (Å²) in [5.74, 6) is 1.07. The Kier molecular flexibility index (Phi) is 7.18. The number of thiazole rings is 1. The van der Waals surface area contributed by atoms with E-state index in [0.717, 1.165) is 36.9 Å². The average molecular weight is 569 g/mol. The van der Waals surface area contributed by atoms with Gasteiger partial charge in [0.1, 0.15) is 17.1 Å². The minimum absolute atomic E-state index is 0.0457. The van der Waals surface area contributed by atoms with Crippen LogP contribution >= 0.6 is 22.9 Å². The van der Waals surface area contributed by atoms with E-state index < -0.39 is 11.6 Å². The van der Waals surface area contributed by atoms with Crippen LogP contribution in [0.2, 0.25) is 5.02 Å². The molecule has 2 aromatic heterocycles. The van der Waals surface area contributed by atoms with E-state index in [1.807, 2.05) is 30.5 Å². The number of aliphatic hydroxyl groups excluding tert-OH is 1. The minimum atomic E-state index is -0.767. The van der Waals surface area contributed by atoms with Crippen LogP contribution in [0.15, 0.2) is 45.8 Å². The van der Waals surface area contributed by atoms with Crippen molar-refractivity contribution in [2.75, 3.05) is 6.61 Å². The molecular formula is C30H33ClN2O5S. The number of hydrogen-bond donors (Lipinski definition) is 1. The maximum absolute atomic E-state index is 13.4. The number of rotatable bonds is 9. The SMILES string of the molecule is Cc1csc2nc(CC3=C(O)CC(CCc4ccc(OCC5CC5)c(Cl)c4)(C4CCCC4)OC3=O)cc(=O)n12. The van der Waals surface area contributed by atoms with Crippen molar-refractivity contribution in [1.29, 1.82) is 0 Å². The summed E-state index contributed by atoms with van der Waals surface area (Å²) in [5, 5.41) is 13.7. The molecule has 9 heteroatoms. The lowest BCUT2D eigenvalue weighted by Crippen LogP contribution is -2.46. The van der Waals surface area contributed by atoms with E-state index in [-0.39, 0.29) is 35.7 Å². The predicted octanol–water partition coefficient (Wildman–Crippen LogP) is 6.37. The van der Waals surface area contributed by atoms with Crippen molar-refractivity contribution in [3.05, 3.63) is 73.3 Å². The molecule has 2 aliphatic carbocycles. The molecule has 3 aliphatic rings. The molecule has 6 rings (SSSR count). The molecule has 1 unspecified atom stereocenters. The van der Waals surface area contributed by atoms with E-state index >= 15 is 0 Å². The zero-order valence-corrected chi connectivity index (χ0v) is 23.7. The summed E-state index contributed by atoms with van der Waals surface area (Å²) in [6.07, 6.45) is 8.16. The maximum Gasteiger partial charge on any atom is 0.338 e. The average Bonchev–Trinajstić information content (AvgIpc) is 3.39. The predicted molar refractivity (Wildman–Crippen MR) is 151 cm³/mol. The molecule has 1 N–H and O–H groups in total. The van der Waals surface area contributed by atoms with Crippen LogP contribution in [0.1, 0.15) is 68.3 Å². The third kappa shape index (κ3) is 5.46. The number of cyclic esters (lactones) is 1. The maximum atomic E-state index is 13.4. The van der Waals surface area contributed by atoms with Gasteiger partial charge in [-0.15, -0.1) is 11.3 Å². The second-order valence-corrected chi connectivity index (χ2v) is 12.6. The fourth-order valence-electron chi connectivity index (χ4n) is 6.03. The van der Waals surface area contributed by atoms with E-state index in [1.54, 1.807) is 4.40 Å². The zero-order valence-electron chi connectivity index (χ0n) is 22.1. The number of esters is 1. The molecule has 3 aromatic rings. The number of carbonyl (C=O) groups excluding carboxylic acids is 1. The molecule has 1 aromatic carbocycles. The zero-order chi connectivity index (χ0) is 27.1. The fraction of sp³-hybridized carbons (Fsp3) is 0.500. The van der Waals surface area contributed by atoms with Crippen LogP contribution in [0.3, 0.4) is 0 Å². The quantitative estimate of drug-likeness (QED) is 0.302. The number of hydrogen-bond acceptors (Lipinski definition) is 7. The van der Waals surface area contributed by atoms with Gasteiger partial charge < -0.3 is 14.6 Å². The Morgan fingerprint density at radius 3 is 2.72 bits per heavy atom. The van der Waals surface area contributed by atoms with Crippen molar-refractivity contribution in [2.45, 2.75) is 76.7 Å². The molecule has 39 heavy (non-hydrogen) atoms. The first-order chi connectivity index (χ1) is 18.8. The van der Waals surface area contributed by atoms with Gasteiger partial charge in [0.15, 0.2) is 4.96 Å². The first-order valence-corrected chi connectivity index (χ1v) is 15.1. The highest BCUT2D eigenvalue weighted by atomic mass is 35.5. The summed E-state index contributed by atoms with van der Waals surface area (Å²) in [6, 6.07) is 7.31. The number of aliphatic hydroxyl groups is 1. The standard InChI is InChI=1S/C30H33ClN2O5S/c1-18-17-39-29-32-22(14-27(35)33(18)29)13-23-25(34)15-30(38-28(23)36,21-4-2-3-5-21)11-10-19-8-9-26(24(31)12-19)37-16-20-6-7-20/h8-9,12,14,17,20-21,34H,2-7,10-11,13,15-16H2,1H3. The highest BCUT2D eigenvalue weighted by Crippen LogP contribution is 2.46. The van der Waals surface area contributed by atoms with Gasteiger partial charge in [-0.3, -0.25) is 9.20 Å². The molecule has 206 valence electrons. The van der Waals surface area contributed by atoms with Crippen LogP contribution < -0.4 is 10.3 Å². The molecule has 2 saturated carbocycles. The summed E-state index contributed by atoms with van der Waals surface area (Å²) < 4.78 is 13.7. The van der Waals surface area contributed by atoms with Crippen molar-refractivity contribution in [2.24, 2.45) is 11.8 Å². The first-order valence-electron chi connectivity index (χ1n) is 13.8. The largest absolute Gasteiger partial charge is 0.512 e. The Balaban J connectivity index is 1.21. The van der Waals surface area contributed by atoms with E-state index in [0.29, 0.717) is 46.8 Å². The summed E-state index contributed by atoms with van der Waals surface area (Å²) in [6.45, 7) is 2.56. The van der Waals surface area contributed by atoms with E-state index in [2.05, 4.69) is 4.98 Å². The van der Waals surface area contributed by atoms with Gasteiger partial charge in [0.25, 0.3) is 5.56 Å². The van der Waals surface area contributed by atoms with Gasteiger partial charge in [-0.1, -0.05) is 30.5 Å². The number of aromatic nitrogens is 2. The topological polar surface area (TPSA) is 90.1 Å². The highest BCUT2D eigenvalue weighted by Gasteiger charge is 2.48. The van der Waals surface area contributed by atoms with Crippen LogP contribution in [0.25, 0.3) is 4.96 Å². The van der Waals surface area contributed by atoms with Crippen LogP contribution in [-0.4, -0.2) is 32.7 Å². The number of benzene rings is 1. The molecule has 3 heterocycles. The Hall–Kier alpha value is -2.84. The Morgan fingerprint density at radius 2 is 2.00 bits per heavy atom. The van der Waals surface area contributed by atoms with Gasteiger partial charge in [-0.25, -0.2) is 9.78 Å². The molecular weight excluding hydrogens is 536 g/mol. The molecule has 0 saturated heterocycles. The van der Waals surface area contributed by atoms with Crippen molar-refractivity contribution in [3.63, 3.8) is 0 Å². The molecule has 7 nitrogen and oxygen atoms in total. The number of fused-ring (bicyclic) bond motifs is 1. The number of halogens is 1. The lowest BCUT2D eigenvalue weighted by Gasteiger charge is -2.42. The lowest BCUT2D eigenvalue weighted by atomic mass is 9.76. The van der Waals surface area contributed by atoms with Crippen molar-refractivity contribution < 1.29 is 19.4 Å². The molecule has 1 atom stereocenters. The Bertz CT molecular complexity index is 1500. The van der Waals surface area contributed by atoms with Gasteiger partial charge in [0, 0.05) is 30.0 Å². The first kappa shape index (κ1) is 26.4. The van der Waals surface area contributed by atoms with Crippen LogP contribution in [0.5, 0.6) is 5.75 Å². The number of nitrogens with zero attached hydrogens (tertiary/aromatic N) is 2. The second kappa shape index (κ2) is 10.6. The smallest absolute Gasteiger partial charge is 0.338 e. The summed E-state index contributed by atoms with van der Waals surface area (Å²) >= 11 is 7.90. The molecule has 2 fully saturated rings. The van der Waals surface area contributed by atoms with Gasteiger partial charge in [0.2, 0.25) is 0 Å². The fourth-order valence-corrected chi connectivity index (χ4v) is 7.17. The molecule has 0 radical (unpaired) electrons. The number of ether oxygens (including phenoxy) is 2. The lowest BCUT2D eigenvalue weighted by molar-refractivity contribution is -0.167. The Morgan fingerprint density at radius 1 is 1.21 bits per heavy atom. The third-order valence-electron chi connectivity index (χ3n) is 8.45. The summed E-state index contributed by atoms with van der Waals surface area (Å²) in [5.41, 5.74) is 1.55. The van der Waals surface area contributed by atoms with Crippen LogP contribution in [0.4, 0.5) is 0 Å². The molecule has 0 bridgehead atoms. The van der Waals surface area contributed by atoms with Crippen molar-refractivity contribution in [1.82, 2.24) is 9.38 Å². The molecule has 1 aliphatic heterocycles. The molecule has 0 amide bonds. The monoisotopic (exact) mass is 568 g/mol. The number of aryl methyl sites for hydroxylation is 2.